The number of benzene rings is 2. The first-order valence-electron chi connectivity index (χ1n) is 8.28. The minimum atomic E-state index is -0.269. The number of nitrogens with zero attached hydrogens (tertiary/aromatic N) is 2. The van der Waals surface area contributed by atoms with Crippen LogP contribution in [-0.2, 0) is 6.54 Å². The number of halogens is 2. The van der Waals surface area contributed by atoms with Gasteiger partial charge in [-0.05, 0) is 55.5 Å². The van der Waals surface area contributed by atoms with Crippen LogP contribution in [0.5, 0.6) is 0 Å². The van der Waals surface area contributed by atoms with Crippen LogP contribution < -0.4 is 5.32 Å². The number of carbonyl (C=O) groups excluding carboxylic acids is 1. The molecule has 27 heavy (non-hydrogen) atoms. The Morgan fingerprint density at radius 1 is 1.19 bits per heavy atom. The van der Waals surface area contributed by atoms with Gasteiger partial charge in [-0.2, -0.15) is 0 Å². The lowest BCUT2D eigenvalue weighted by Crippen LogP contribution is -2.22. The van der Waals surface area contributed by atoms with Crippen molar-refractivity contribution in [2.75, 3.05) is 0 Å². The lowest BCUT2D eigenvalue weighted by Gasteiger charge is -2.05. The van der Waals surface area contributed by atoms with Crippen molar-refractivity contribution in [2.45, 2.75) is 13.5 Å². The largest absolute Gasteiger partial charge is 0.347 e. The molecule has 4 nitrogen and oxygen atoms in total. The molecule has 4 aromatic rings. The van der Waals surface area contributed by atoms with Crippen molar-refractivity contribution in [2.24, 2.45) is 0 Å². The summed E-state index contributed by atoms with van der Waals surface area (Å²) >= 11 is 7.37. The van der Waals surface area contributed by atoms with Crippen LogP contribution in [0.3, 0.4) is 0 Å². The van der Waals surface area contributed by atoms with E-state index in [0.29, 0.717) is 17.1 Å². The van der Waals surface area contributed by atoms with Crippen LogP contribution in [0.25, 0.3) is 16.2 Å². The molecule has 0 fully saturated rings. The van der Waals surface area contributed by atoms with Gasteiger partial charge in [-0.3, -0.25) is 9.20 Å². The van der Waals surface area contributed by atoms with Crippen LogP contribution in [-0.4, -0.2) is 15.3 Å². The summed E-state index contributed by atoms with van der Waals surface area (Å²) in [6.07, 6.45) is 1.93. The Morgan fingerprint density at radius 3 is 2.56 bits per heavy atom. The quantitative estimate of drug-likeness (QED) is 0.519. The van der Waals surface area contributed by atoms with Gasteiger partial charge in [-0.1, -0.05) is 22.9 Å². The Morgan fingerprint density at radius 2 is 1.89 bits per heavy atom. The predicted octanol–water partition coefficient (Wildman–Crippen LogP) is 5.09. The molecule has 2 aromatic carbocycles. The number of carbonyl (C=O) groups is 1. The maximum absolute atomic E-state index is 13.1. The van der Waals surface area contributed by atoms with Gasteiger partial charge in [-0.15, -0.1) is 0 Å². The number of rotatable bonds is 4. The zero-order chi connectivity index (χ0) is 19.0. The highest BCUT2D eigenvalue weighted by Crippen LogP contribution is 2.27. The lowest BCUT2D eigenvalue weighted by molar-refractivity contribution is 0.0951. The van der Waals surface area contributed by atoms with Gasteiger partial charge in [-0.25, -0.2) is 9.37 Å². The highest BCUT2D eigenvalue weighted by atomic mass is 35.5. The van der Waals surface area contributed by atoms with E-state index in [4.69, 9.17) is 11.6 Å². The highest BCUT2D eigenvalue weighted by Gasteiger charge is 2.14. The molecule has 0 aliphatic heterocycles. The van der Waals surface area contributed by atoms with Gasteiger partial charge in [0.15, 0.2) is 4.96 Å². The highest BCUT2D eigenvalue weighted by molar-refractivity contribution is 7.17. The van der Waals surface area contributed by atoms with Crippen LogP contribution in [0.1, 0.15) is 20.9 Å². The second-order valence-corrected chi connectivity index (χ2v) is 7.58. The van der Waals surface area contributed by atoms with Gasteiger partial charge in [0.2, 0.25) is 0 Å². The molecule has 7 heteroatoms. The fourth-order valence-corrected chi connectivity index (χ4v) is 3.95. The number of amides is 1. The minimum absolute atomic E-state index is 0.149. The van der Waals surface area contributed by atoms with Crippen molar-refractivity contribution in [3.8, 4) is 11.3 Å². The first-order chi connectivity index (χ1) is 13.0. The SMILES string of the molecule is Cc1c(CNC(=O)c2ccc(Cl)cc2)sc2nc(-c3ccc(F)cc3)cn12. The van der Waals surface area contributed by atoms with Gasteiger partial charge in [0, 0.05) is 32.9 Å². The molecular weight excluding hydrogens is 385 g/mol. The molecule has 2 heterocycles. The van der Waals surface area contributed by atoms with Crippen molar-refractivity contribution in [1.82, 2.24) is 14.7 Å². The molecule has 2 aromatic heterocycles. The summed E-state index contributed by atoms with van der Waals surface area (Å²) < 4.78 is 15.1. The lowest BCUT2D eigenvalue weighted by atomic mass is 10.2. The third kappa shape index (κ3) is 3.59. The van der Waals surface area contributed by atoms with Crippen molar-refractivity contribution >= 4 is 33.8 Å². The Balaban J connectivity index is 1.52. The second kappa shape index (κ2) is 7.13. The molecule has 0 unspecified atom stereocenters. The Bertz CT molecular complexity index is 1120. The maximum Gasteiger partial charge on any atom is 0.251 e. The molecular formula is C20H15ClFN3OS. The fourth-order valence-electron chi connectivity index (χ4n) is 2.78. The van der Waals surface area contributed by atoms with Gasteiger partial charge in [0.05, 0.1) is 12.2 Å². The van der Waals surface area contributed by atoms with Crippen LogP contribution in [0.15, 0.2) is 54.7 Å². The fraction of sp³-hybridized carbons (Fsp3) is 0.100. The van der Waals surface area contributed by atoms with E-state index in [1.807, 2.05) is 17.5 Å². The summed E-state index contributed by atoms with van der Waals surface area (Å²) in [7, 11) is 0. The normalized spacial score (nSPS) is 11.1. The Hall–Kier alpha value is -2.70. The molecule has 0 saturated heterocycles. The summed E-state index contributed by atoms with van der Waals surface area (Å²) in [5, 5.41) is 3.52. The number of imidazole rings is 1. The number of fused-ring (bicyclic) bond motifs is 1. The van der Waals surface area contributed by atoms with E-state index in [1.54, 1.807) is 36.4 Å². The van der Waals surface area contributed by atoms with E-state index in [2.05, 4.69) is 10.3 Å². The molecule has 136 valence electrons. The minimum Gasteiger partial charge on any atom is -0.347 e. The molecule has 0 aliphatic carbocycles. The monoisotopic (exact) mass is 399 g/mol. The van der Waals surface area contributed by atoms with Gasteiger partial charge < -0.3 is 5.32 Å². The molecule has 0 aliphatic rings. The number of aromatic nitrogens is 2. The van der Waals surface area contributed by atoms with Crippen molar-refractivity contribution in [3.05, 3.63) is 81.7 Å². The zero-order valence-corrected chi connectivity index (χ0v) is 15.9. The van der Waals surface area contributed by atoms with Crippen LogP contribution in [0.2, 0.25) is 5.02 Å². The first-order valence-corrected chi connectivity index (χ1v) is 9.48. The molecule has 0 bridgehead atoms. The molecule has 0 radical (unpaired) electrons. The molecule has 1 amide bonds. The molecule has 0 spiro atoms. The van der Waals surface area contributed by atoms with Crippen molar-refractivity contribution in [1.29, 1.82) is 0 Å². The number of nitrogens with one attached hydrogen (secondary N) is 1. The number of hydrogen-bond donors (Lipinski definition) is 1. The topological polar surface area (TPSA) is 46.4 Å². The summed E-state index contributed by atoms with van der Waals surface area (Å²) in [4.78, 5) is 18.7. The van der Waals surface area contributed by atoms with E-state index in [-0.39, 0.29) is 11.7 Å². The Kier molecular flexibility index (Phi) is 4.68. The van der Waals surface area contributed by atoms with Gasteiger partial charge in [0.25, 0.3) is 5.91 Å². The van der Waals surface area contributed by atoms with Crippen molar-refractivity contribution < 1.29 is 9.18 Å². The summed E-state index contributed by atoms with van der Waals surface area (Å²) in [6, 6.07) is 13.0. The third-order valence-electron chi connectivity index (χ3n) is 4.31. The van der Waals surface area contributed by atoms with E-state index >= 15 is 0 Å². The number of aryl methyl sites for hydroxylation is 1. The Labute approximate surface area is 164 Å². The summed E-state index contributed by atoms with van der Waals surface area (Å²) in [5.74, 6) is -0.418. The van der Waals surface area contributed by atoms with E-state index in [1.165, 1.54) is 23.5 Å². The molecule has 0 atom stereocenters. The zero-order valence-electron chi connectivity index (χ0n) is 14.4. The summed E-state index contributed by atoms with van der Waals surface area (Å²) in [6.45, 7) is 2.41. The van der Waals surface area contributed by atoms with E-state index < -0.39 is 0 Å². The molecule has 1 N–H and O–H groups in total. The molecule has 0 saturated carbocycles. The average molecular weight is 400 g/mol. The standard InChI is InChI=1S/C20H15ClFN3OS/c1-12-18(10-23-19(26)14-2-6-15(21)7-3-14)27-20-24-17(11-25(12)20)13-4-8-16(22)9-5-13/h2-9,11H,10H2,1H3,(H,23,26). The van der Waals surface area contributed by atoms with E-state index in [9.17, 15) is 9.18 Å². The van der Waals surface area contributed by atoms with Gasteiger partial charge in [0.1, 0.15) is 5.82 Å². The van der Waals surface area contributed by atoms with E-state index in [0.717, 1.165) is 26.8 Å². The third-order valence-corrected chi connectivity index (χ3v) is 5.72. The predicted molar refractivity (Wildman–Crippen MR) is 106 cm³/mol. The van der Waals surface area contributed by atoms with Crippen LogP contribution in [0.4, 0.5) is 4.39 Å². The number of thiazole rings is 1. The maximum atomic E-state index is 13.1. The van der Waals surface area contributed by atoms with Gasteiger partial charge >= 0.3 is 0 Å². The van der Waals surface area contributed by atoms with Crippen LogP contribution in [0, 0.1) is 12.7 Å². The second-order valence-electron chi connectivity index (χ2n) is 6.09. The van der Waals surface area contributed by atoms with Crippen molar-refractivity contribution in [3.63, 3.8) is 0 Å². The average Bonchev–Trinajstić information content (AvgIpc) is 3.20. The smallest absolute Gasteiger partial charge is 0.251 e. The first kappa shape index (κ1) is 17.7. The summed E-state index contributed by atoms with van der Waals surface area (Å²) in [5.41, 5.74) is 3.25. The molecule has 4 rings (SSSR count). The number of hydrogen-bond acceptors (Lipinski definition) is 3. The van der Waals surface area contributed by atoms with Crippen LogP contribution >= 0.6 is 22.9 Å².